The van der Waals surface area contributed by atoms with Crippen molar-refractivity contribution in [3.8, 4) is 6.07 Å². The van der Waals surface area contributed by atoms with Crippen LogP contribution in [-0.2, 0) is 11.3 Å². The molecule has 0 atom stereocenters. The minimum Gasteiger partial charge on any atom is -0.377 e. The summed E-state index contributed by atoms with van der Waals surface area (Å²) >= 11 is 0. The second-order valence-electron chi connectivity index (χ2n) is 4.71. The van der Waals surface area contributed by atoms with E-state index in [-0.39, 0.29) is 0 Å². The van der Waals surface area contributed by atoms with Crippen molar-refractivity contribution < 1.29 is 4.74 Å². The quantitative estimate of drug-likeness (QED) is 0.453. The molecule has 0 bridgehead atoms. The van der Waals surface area contributed by atoms with Crippen LogP contribution in [0.5, 0.6) is 0 Å². The zero-order chi connectivity index (χ0) is 13.8. The van der Waals surface area contributed by atoms with Gasteiger partial charge in [0.05, 0.1) is 18.2 Å². The Bertz CT molecular complexity index is 389. The van der Waals surface area contributed by atoms with E-state index in [0.29, 0.717) is 12.2 Å². The van der Waals surface area contributed by atoms with Gasteiger partial charge in [-0.1, -0.05) is 37.5 Å². The third-order valence-corrected chi connectivity index (χ3v) is 3.05. The summed E-state index contributed by atoms with van der Waals surface area (Å²) < 4.78 is 5.62. The number of nitrogens with zero attached hydrogens (tertiary/aromatic N) is 1. The molecule has 0 aromatic heterocycles. The molecule has 0 heterocycles. The number of allylic oxidation sites excluding steroid dienone is 1. The Morgan fingerprint density at radius 3 is 2.42 bits per heavy atom. The van der Waals surface area contributed by atoms with Gasteiger partial charge in [0, 0.05) is 6.61 Å². The van der Waals surface area contributed by atoms with Crippen molar-refractivity contribution in [2.45, 2.75) is 45.1 Å². The molecule has 1 aromatic carbocycles. The van der Waals surface area contributed by atoms with Gasteiger partial charge in [0.25, 0.3) is 0 Å². The number of unbranched alkanes of at least 4 members (excludes halogenated alkanes) is 5. The second kappa shape index (κ2) is 10.3. The van der Waals surface area contributed by atoms with Gasteiger partial charge >= 0.3 is 0 Å². The van der Waals surface area contributed by atoms with Crippen molar-refractivity contribution in [3.63, 3.8) is 0 Å². The summed E-state index contributed by atoms with van der Waals surface area (Å²) in [5.74, 6) is 0. The van der Waals surface area contributed by atoms with Crippen LogP contribution in [0.3, 0.4) is 0 Å². The van der Waals surface area contributed by atoms with Crippen molar-refractivity contribution >= 4 is 0 Å². The molecule has 2 nitrogen and oxygen atoms in total. The van der Waals surface area contributed by atoms with Crippen molar-refractivity contribution in [1.82, 2.24) is 0 Å². The maximum Gasteiger partial charge on any atom is 0.0991 e. The predicted octanol–water partition coefficient (Wildman–Crippen LogP) is 4.60. The Kier molecular flexibility index (Phi) is 8.42. The van der Waals surface area contributed by atoms with Crippen LogP contribution in [-0.4, -0.2) is 6.61 Å². The molecule has 0 aliphatic carbocycles. The first kappa shape index (κ1) is 15.5. The Morgan fingerprint density at radius 1 is 1.05 bits per heavy atom. The first-order valence-electron chi connectivity index (χ1n) is 7.04. The number of rotatable bonds is 10. The van der Waals surface area contributed by atoms with Gasteiger partial charge in [0.2, 0.25) is 0 Å². The van der Waals surface area contributed by atoms with Crippen LogP contribution in [0.1, 0.15) is 49.7 Å². The highest BCUT2D eigenvalue weighted by Crippen LogP contribution is 2.08. The summed E-state index contributed by atoms with van der Waals surface area (Å²) in [7, 11) is 0. The van der Waals surface area contributed by atoms with Crippen molar-refractivity contribution in [3.05, 3.63) is 48.0 Å². The van der Waals surface area contributed by atoms with Gasteiger partial charge in [-0.15, -0.1) is 6.58 Å². The molecule has 0 aliphatic rings. The van der Waals surface area contributed by atoms with Crippen LogP contribution < -0.4 is 0 Å². The molecule has 0 spiro atoms. The predicted molar refractivity (Wildman–Crippen MR) is 78.7 cm³/mol. The van der Waals surface area contributed by atoms with E-state index in [9.17, 15) is 0 Å². The highest BCUT2D eigenvalue weighted by Gasteiger charge is 1.95. The summed E-state index contributed by atoms with van der Waals surface area (Å²) in [6.45, 7) is 5.18. The number of ether oxygens (including phenoxy) is 1. The van der Waals surface area contributed by atoms with Gasteiger partial charge in [-0.2, -0.15) is 5.26 Å². The van der Waals surface area contributed by atoms with Crippen LogP contribution in [0.4, 0.5) is 0 Å². The van der Waals surface area contributed by atoms with E-state index in [0.717, 1.165) is 25.0 Å². The average Bonchev–Trinajstić information content (AvgIpc) is 2.46. The molecular formula is C17H23NO. The molecule has 102 valence electrons. The number of hydrogen-bond donors (Lipinski definition) is 0. The van der Waals surface area contributed by atoms with E-state index in [1.54, 1.807) is 0 Å². The Balaban J connectivity index is 1.98. The van der Waals surface area contributed by atoms with Crippen LogP contribution in [0.25, 0.3) is 0 Å². The lowest BCUT2D eigenvalue weighted by molar-refractivity contribution is 0.116. The summed E-state index contributed by atoms with van der Waals surface area (Å²) in [6, 6.07) is 9.68. The molecule has 0 radical (unpaired) electrons. The molecule has 0 saturated carbocycles. The average molecular weight is 257 g/mol. The molecule has 0 saturated heterocycles. The zero-order valence-electron chi connectivity index (χ0n) is 11.6. The van der Waals surface area contributed by atoms with E-state index < -0.39 is 0 Å². The first-order valence-corrected chi connectivity index (χ1v) is 7.04. The summed E-state index contributed by atoms with van der Waals surface area (Å²) in [5.41, 5.74) is 1.83. The van der Waals surface area contributed by atoms with E-state index in [4.69, 9.17) is 10.00 Å². The van der Waals surface area contributed by atoms with E-state index >= 15 is 0 Å². The fourth-order valence-corrected chi connectivity index (χ4v) is 1.89. The van der Waals surface area contributed by atoms with Crippen molar-refractivity contribution in [2.75, 3.05) is 6.61 Å². The van der Waals surface area contributed by atoms with Gasteiger partial charge in [-0.25, -0.2) is 0 Å². The van der Waals surface area contributed by atoms with Crippen molar-refractivity contribution in [1.29, 1.82) is 5.26 Å². The molecule has 0 aliphatic heterocycles. The third kappa shape index (κ3) is 7.43. The normalized spacial score (nSPS) is 10.1. The smallest absolute Gasteiger partial charge is 0.0991 e. The van der Waals surface area contributed by atoms with Crippen LogP contribution in [0.15, 0.2) is 36.9 Å². The number of nitriles is 1. The molecule has 0 fully saturated rings. The van der Waals surface area contributed by atoms with Gasteiger partial charge in [0.1, 0.15) is 0 Å². The fraction of sp³-hybridized carbons (Fsp3) is 0.471. The minimum absolute atomic E-state index is 0.641. The molecule has 1 rings (SSSR count). The SMILES string of the molecule is C=CCCCCCCCOCc1ccc(C#N)cc1. The molecule has 0 N–H and O–H groups in total. The van der Waals surface area contributed by atoms with Crippen LogP contribution >= 0.6 is 0 Å². The minimum atomic E-state index is 0.641. The maximum absolute atomic E-state index is 8.69. The molecule has 1 aromatic rings. The number of hydrogen-bond acceptors (Lipinski definition) is 2. The second-order valence-corrected chi connectivity index (χ2v) is 4.71. The Morgan fingerprint density at radius 2 is 1.74 bits per heavy atom. The lowest BCUT2D eigenvalue weighted by Crippen LogP contribution is -1.95. The maximum atomic E-state index is 8.69. The Hall–Kier alpha value is -1.59. The first-order chi connectivity index (χ1) is 9.36. The molecule has 19 heavy (non-hydrogen) atoms. The van der Waals surface area contributed by atoms with E-state index in [1.165, 1.54) is 25.7 Å². The van der Waals surface area contributed by atoms with Crippen LogP contribution in [0.2, 0.25) is 0 Å². The molecule has 0 unspecified atom stereocenters. The lowest BCUT2D eigenvalue weighted by Gasteiger charge is -2.04. The van der Waals surface area contributed by atoms with Gasteiger partial charge in [0.15, 0.2) is 0 Å². The fourth-order valence-electron chi connectivity index (χ4n) is 1.89. The third-order valence-electron chi connectivity index (χ3n) is 3.05. The van der Waals surface area contributed by atoms with Crippen LogP contribution in [0, 0.1) is 11.3 Å². The molecule has 0 amide bonds. The van der Waals surface area contributed by atoms with Gasteiger partial charge in [-0.3, -0.25) is 0 Å². The monoisotopic (exact) mass is 257 g/mol. The van der Waals surface area contributed by atoms with Gasteiger partial charge < -0.3 is 4.74 Å². The van der Waals surface area contributed by atoms with E-state index in [2.05, 4.69) is 12.6 Å². The van der Waals surface area contributed by atoms with Gasteiger partial charge in [-0.05, 0) is 37.0 Å². The molecular weight excluding hydrogens is 234 g/mol. The topological polar surface area (TPSA) is 33.0 Å². The molecule has 2 heteroatoms. The summed E-state index contributed by atoms with van der Waals surface area (Å²) in [6.07, 6.45) is 9.33. The zero-order valence-corrected chi connectivity index (χ0v) is 11.6. The lowest BCUT2D eigenvalue weighted by atomic mass is 10.1. The largest absolute Gasteiger partial charge is 0.377 e. The highest BCUT2D eigenvalue weighted by atomic mass is 16.5. The number of benzene rings is 1. The summed E-state index contributed by atoms with van der Waals surface area (Å²) in [5, 5.41) is 8.69. The standard InChI is InChI=1S/C17H23NO/c1-2-3-4-5-6-7-8-13-19-15-17-11-9-16(14-18)10-12-17/h2,9-12H,1,3-8,13,15H2. The highest BCUT2D eigenvalue weighted by molar-refractivity contribution is 5.31. The Labute approximate surface area is 116 Å². The summed E-state index contributed by atoms with van der Waals surface area (Å²) in [4.78, 5) is 0. The van der Waals surface area contributed by atoms with E-state index in [1.807, 2.05) is 30.3 Å². The van der Waals surface area contributed by atoms with Crippen molar-refractivity contribution in [2.24, 2.45) is 0 Å².